The molecule has 18 heavy (non-hydrogen) atoms. The van der Waals surface area contributed by atoms with Crippen LogP contribution in [0.2, 0.25) is 0 Å². The van der Waals surface area contributed by atoms with Crippen molar-refractivity contribution in [3.05, 3.63) is 47.1 Å². The SMILES string of the molecule is CC(/C=C(\N)c1cnccc1C(F)(F)F)=C(N)N. The van der Waals surface area contributed by atoms with E-state index in [4.69, 9.17) is 17.2 Å². The summed E-state index contributed by atoms with van der Waals surface area (Å²) in [6, 6.07) is 0.862. The zero-order valence-corrected chi connectivity index (χ0v) is 9.62. The number of pyridine rings is 1. The summed E-state index contributed by atoms with van der Waals surface area (Å²) in [4.78, 5) is 3.63. The second-order valence-corrected chi connectivity index (χ2v) is 3.66. The van der Waals surface area contributed by atoms with Gasteiger partial charge in [0.15, 0.2) is 0 Å². The molecular formula is C11H13F3N4. The zero-order valence-electron chi connectivity index (χ0n) is 9.62. The van der Waals surface area contributed by atoms with Gasteiger partial charge in [0.2, 0.25) is 0 Å². The lowest BCUT2D eigenvalue weighted by molar-refractivity contribution is -0.137. The molecule has 0 aromatic carbocycles. The summed E-state index contributed by atoms with van der Waals surface area (Å²) in [7, 11) is 0. The van der Waals surface area contributed by atoms with Crippen molar-refractivity contribution in [2.24, 2.45) is 17.2 Å². The van der Waals surface area contributed by atoms with Gasteiger partial charge < -0.3 is 17.2 Å². The number of rotatable bonds is 2. The molecule has 0 saturated heterocycles. The average Bonchev–Trinajstić information content (AvgIpc) is 2.27. The Kier molecular flexibility index (Phi) is 3.85. The van der Waals surface area contributed by atoms with Crippen molar-refractivity contribution in [1.82, 2.24) is 4.98 Å². The third-order valence-electron chi connectivity index (χ3n) is 2.26. The van der Waals surface area contributed by atoms with Gasteiger partial charge in [-0.15, -0.1) is 0 Å². The van der Waals surface area contributed by atoms with Crippen molar-refractivity contribution >= 4 is 5.70 Å². The quantitative estimate of drug-likeness (QED) is 0.702. The van der Waals surface area contributed by atoms with Crippen LogP contribution in [0, 0.1) is 0 Å². The molecule has 1 rings (SSSR count). The number of nitrogens with zero attached hydrogens (tertiary/aromatic N) is 1. The average molecular weight is 258 g/mol. The van der Waals surface area contributed by atoms with E-state index in [2.05, 4.69) is 4.98 Å². The van der Waals surface area contributed by atoms with Crippen LogP contribution in [-0.2, 0) is 6.18 Å². The summed E-state index contributed by atoms with van der Waals surface area (Å²) in [6.45, 7) is 1.55. The van der Waals surface area contributed by atoms with E-state index in [-0.39, 0.29) is 17.1 Å². The van der Waals surface area contributed by atoms with E-state index >= 15 is 0 Å². The zero-order chi connectivity index (χ0) is 13.9. The van der Waals surface area contributed by atoms with Crippen molar-refractivity contribution < 1.29 is 13.2 Å². The molecule has 6 N–H and O–H groups in total. The summed E-state index contributed by atoms with van der Waals surface area (Å²) in [5.41, 5.74) is 15.5. The third kappa shape index (κ3) is 3.16. The minimum Gasteiger partial charge on any atom is -0.398 e. The summed E-state index contributed by atoms with van der Waals surface area (Å²) in [5, 5.41) is 0. The van der Waals surface area contributed by atoms with Crippen molar-refractivity contribution in [2.45, 2.75) is 13.1 Å². The first-order valence-electron chi connectivity index (χ1n) is 4.94. The maximum atomic E-state index is 12.7. The molecule has 0 amide bonds. The third-order valence-corrected chi connectivity index (χ3v) is 2.26. The van der Waals surface area contributed by atoms with Gasteiger partial charge in [0.05, 0.1) is 11.4 Å². The van der Waals surface area contributed by atoms with Gasteiger partial charge >= 0.3 is 6.18 Å². The first kappa shape index (κ1) is 13.9. The molecule has 7 heteroatoms. The van der Waals surface area contributed by atoms with Crippen molar-refractivity contribution in [2.75, 3.05) is 0 Å². The molecule has 98 valence electrons. The van der Waals surface area contributed by atoms with Gasteiger partial charge in [0, 0.05) is 23.7 Å². The van der Waals surface area contributed by atoms with E-state index in [0.717, 1.165) is 18.5 Å². The van der Waals surface area contributed by atoms with Crippen molar-refractivity contribution in [1.29, 1.82) is 0 Å². The molecule has 0 saturated carbocycles. The highest BCUT2D eigenvalue weighted by molar-refractivity contribution is 5.67. The molecule has 0 atom stereocenters. The highest BCUT2D eigenvalue weighted by Gasteiger charge is 2.33. The van der Waals surface area contributed by atoms with E-state index < -0.39 is 11.7 Å². The number of hydrogen-bond acceptors (Lipinski definition) is 4. The Morgan fingerprint density at radius 2 is 1.89 bits per heavy atom. The fourth-order valence-electron chi connectivity index (χ4n) is 1.27. The van der Waals surface area contributed by atoms with Gasteiger partial charge in [-0.2, -0.15) is 13.2 Å². The van der Waals surface area contributed by atoms with E-state index in [1.807, 2.05) is 0 Å². The molecule has 0 aliphatic heterocycles. The number of nitrogens with two attached hydrogens (primary N) is 3. The van der Waals surface area contributed by atoms with E-state index in [1.165, 1.54) is 6.08 Å². The monoisotopic (exact) mass is 258 g/mol. The lowest BCUT2D eigenvalue weighted by Crippen LogP contribution is -2.13. The maximum absolute atomic E-state index is 12.7. The van der Waals surface area contributed by atoms with E-state index in [1.54, 1.807) is 6.92 Å². The van der Waals surface area contributed by atoms with Crippen LogP contribution in [-0.4, -0.2) is 4.98 Å². The van der Waals surface area contributed by atoms with Crippen molar-refractivity contribution in [3.63, 3.8) is 0 Å². The van der Waals surface area contributed by atoms with Gasteiger partial charge in [0.25, 0.3) is 0 Å². The maximum Gasteiger partial charge on any atom is 0.417 e. The van der Waals surface area contributed by atoms with Gasteiger partial charge in [-0.3, -0.25) is 4.98 Å². The van der Waals surface area contributed by atoms with Gasteiger partial charge in [-0.05, 0) is 24.6 Å². The Hall–Kier alpha value is -2.18. The Bertz CT molecular complexity index is 499. The molecule has 0 fully saturated rings. The number of halogens is 3. The summed E-state index contributed by atoms with van der Waals surface area (Å²) < 4.78 is 38.2. The largest absolute Gasteiger partial charge is 0.417 e. The number of aromatic nitrogens is 1. The minimum absolute atomic E-state index is 0.00426. The highest BCUT2D eigenvalue weighted by atomic mass is 19.4. The highest BCUT2D eigenvalue weighted by Crippen LogP contribution is 2.33. The van der Waals surface area contributed by atoms with Crippen LogP contribution in [0.25, 0.3) is 5.70 Å². The van der Waals surface area contributed by atoms with Gasteiger partial charge in [0.1, 0.15) is 0 Å². The standard InChI is InChI=1S/C11H13F3N4/c1-6(10(16)17)4-9(15)7-5-18-3-2-8(7)11(12,13)14/h2-5H,15-17H2,1H3/b9-4-. The normalized spacial score (nSPS) is 12.3. The number of alkyl halides is 3. The predicted molar refractivity (Wildman–Crippen MR) is 62.5 cm³/mol. The molecule has 1 aromatic heterocycles. The van der Waals surface area contributed by atoms with Crippen LogP contribution in [0.15, 0.2) is 35.9 Å². The molecule has 0 spiro atoms. The van der Waals surface area contributed by atoms with E-state index in [9.17, 15) is 13.2 Å². The minimum atomic E-state index is -4.50. The second kappa shape index (κ2) is 4.99. The van der Waals surface area contributed by atoms with Gasteiger partial charge in [-0.25, -0.2) is 0 Å². The Balaban J connectivity index is 3.31. The van der Waals surface area contributed by atoms with Crippen LogP contribution in [0.5, 0.6) is 0 Å². The van der Waals surface area contributed by atoms with Crippen molar-refractivity contribution in [3.8, 4) is 0 Å². The molecule has 0 aliphatic carbocycles. The molecule has 0 aliphatic rings. The molecule has 1 aromatic rings. The van der Waals surface area contributed by atoms with Gasteiger partial charge in [-0.1, -0.05) is 0 Å². The topological polar surface area (TPSA) is 90.9 Å². The smallest absolute Gasteiger partial charge is 0.398 e. The van der Waals surface area contributed by atoms with Crippen LogP contribution in [0.1, 0.15) is 18.1 Å². The lowest BCUT2D eigenvalue weighted by Gasteiger charge is -2.12. The van der Waals surface area contributed by atoms with Crippen LogP contribution < -0.4 is 17.2 Å². The second-order valence-electron chi connectivity index (χ2n) is 3.66. The number of hydrogen-bond donors (Lipinski definition) is 3. The first-order chi connectivity index (χ1) is 8.23. The fourth-order valence-corrected chi connectivity index (χ4v) is 1.27. The van der Waals surface area contributed by atoms with E-state index in [0.29, 0.717) is 5.57 Å². The van der Waals surface area contributed by atoms with Crippen LogP contribution in [0.3, 0.4) is 0 Å². The Morgan fingerprint density at radius 1 is 1.28 bits per heavy atom. The molecular weight excluding hydrogens is 245 g/mol. The number of allylic oxidation sites excluding steroid dienone is 2. The first-order valence-corrected chi connectivity index (χ1v) is 4.94. The predicted octanol–water partition coefficient (Wildman–Crippen LogP) is 1.55. The van der Waals surface area contributed by atoms with Crippen LogP contribution >= 0.6 is 0 Å². The molecule has 0 unspecified atom stereocenters. The molecule has 4 nitrogen and oxygen atoms in total. The lowest BCUT2D eigenvalue weighted by atomic mass is 10.1. The molecule has 1 heterocycles. The Morgan fingerprint density at radius 3 is 2.39 bits per heavy atom. The molecule has 0 radical (unpaired) electrons. The summed E-state index contributed by atoms with van der Waals surface area (Å²) >= 11 is 0. The Labute approximate surface area is 102 Å². The fraction of sp³-hybridized carbons (Fsp3) is 0.182. The molecule has 0 bridgehead atoms. The summed E-state index contributed by atoms with van der Waals surface area (Å²) in [5.74, 6) is -0.00426. The van der Waals surface area contributed by atoms with Crippen LogP contribution in [0.4, 0.5) is 13.2 Å². The summed E-state index contributed by atoms with van der Waals surface area (Å²) in [6.07, 6.45) is -1.11.